The topological polar surface area (TPSA) is 117 Å². The van der Waals surface area contributed by atoms with Crippen LogP contribution >= 0.6 is 0 Å². The van der Waals surface area contributed by atoms with E-state index in [0.717, 1.165) is 42.8 Å². The molecule has 3 aromatic rings. The van der Waals surface area contributed by atoms with Gasteiger partial charge in [0.25, 0.3) is 0 Å². The maximum absolute atomic E-state index is 5.64. The Morgan fingerprint density at radius 3 is 2.56 bits per heavy atom. The van der Waals surface area contributed by atoms with Crippen molar-refractivity contribution < 1.29 is 9.47 Å². The number of rotatable bonds is 3. The zero-order valence-electron chi connectivity index (χ0n) is 14.8. The van der Waals surface area contributed by atoms with Gasteiger partial charge >= 0.3 is 0 Å². The van der Waals surface area contributed by atoms with Crippen molar-refractivity contribution in [2.45, 2.75) is 12.5 Å². The van der Waals surface area contributed by atoms with Crippen LogP contribution in [-0.4, -0.2) is 69.0 Å². The van der Waals surface area contributed by atoms with Crippen LogP contribution < -0.4 is 10.6 Å². The van der Waals surface area contributed by atoms with E-state index in [2.05, 4.69) is 24.4 Å². The summed E-state index contributed by atoms with van der Waals surface area (Å²) in [5, 5.41) is 0. The first-order chi connectivity index (χ1) is 13.3. The lowest BCUT2D eigenvalue weighted by Gasteiger charge is -2.27. The molecule has 0 spiro atoms. The SMILES string of the molecule is Nc1ncc(-c2nc(N3CCOCC3)nc3c2ncn3[C@@H]2CCOC2)cn1. The summed E-state index contributed by atoms with van der Waals surface area (Å²) in [4.78, 5) is 24.6. The number of hydrogen-bond acceptors (Lipinski definition) is 9. The van der Waals surface area contributed by atoms with Crippen molar-refractivity contribution in [1.29, 1.82) is 0 Å². The maximum atomic E-state index is 5.64. The van der Waals surface area contributed by atoms with Gasteiger partial charge in [0.1, 0.15) is 11.2 Å². The molecule has 10 nitrogen and oxygen atoms in total. The third kappa shape index (κ3) is 2.96. The summed E-state index contributed by atoms with van der Waals surface area (Å²) in [6.45, 7) is 4.26. The van der Waals surface area contributed by atoms with E-state index in [-0.39, 0.29) is 12.0 Å². The monoisotopic (exact) mass is 368 g/mol. The Hall–Kier alpha value is -2.85. The van der Waals surface area contributed by atoms with E-state index in [0.29, 0.717) is 31.5 Å². The first kappa shape index (κ1) is 16.3. The summed E-state index contributed by atoms with van der Waals surface area (Å²) in [5.41, 5.74) is 8.64. The number of nitrogens with zero attached hydrogens (tertiary/aromatic N) is 7. The minimum Gasteiger partial charge on any atom is -0.379 e. The van der Waals surface area contributed by atoms with Gasteiger partial charge in [-0.25, -0.2) is 19.9 Å². The zero-order chi connectivity index (χ0) is 18.2. The molecule has 0 amide bonds. The van der Waals surface area contributed by atoms with Crippen LogP contribution in [0.25, 0.3) is 22.4 Å². The van der Waals surface area contributed by atoms with Gasteiger partial charge in [0, 0.05) is 37.7 Å². The number of nitrogen functional groups attached to an aromatic ring is 1. The van der Waals surface area contributed by atoms with Crippen LogP contribution in [-0.2, 0) is 9.47 Å². The van der Waals surface area contributed by atoms with Crippen molar-refractivity contribution in [3.63, 3.8) is 0 Å². The summed E-state index contributed by atoms with van der Waals surface area (Å²) in [6.07, 6.45) is 6.11. The van der Waals surface area contributed by atoms with Crippen molar-refractivity contribution in [2.75, 3.05) is 50.2 Å². The number of ether oxygens (including phenoxy) is 2. The average molecular weight is 368 g/mol. The van der Waals surface area contributed by atoms with Crippen molar-refractivity contribution in [2.24, 2.45) is 0 Å². The van der Waals surface area contributed by atoms with Crippen LogP contribution in [0.3, 0.4) is 0 Å². The van der Waals surface area contributed by atoms with Gasteiger partial charge in [0.15, 0.2) is 5.65 Å². The van der Waals surface area contributed by atoms with Gasteiger partial charge in [-0.1, -0.05) is 0 Å². The smallest absolute Gasteiger partial charge is 0.228 e. The predicted molar refractivity (Wildman–Crippen MR) is 98.3 cm³/mol. The number of anilines is 2. The third-order valence-electron chi connectivity index (χ3n) is 4.95. The van der Waals surface area contributed by atoms with Crippen molar-refractivity contribution in [3.05, 3.63) is 18.7 Å². The molecule has 0 radical (unpaired) electrons. The van der Waals surface area contributed by atoms with E-state index in [1.165, 1.54) is 0 Å². The van der Waals surface area contributed by atoms with E-state index in [9.17, 15) is 0 Å². The molecule has 2 fully saturated rings. The highest BCUT2D eigenvalue weighted by atomic mass is 16.5. The van der Waals surface area contributed by atoms with Gasteiger partial charge in [-0.3, -0.25) is 0 Å². The molecule has 2 aliphatic rings. The Morgan fingerprint density at radius 1 is 1.00 bits per heavy atom. The highest BCUT2D eigenvalue weighted by Gasteiger charge is 2.24. The second-order valence-electron chi connectivity index (χ2n) is 6.64. The van der Waals surface area contributed by atoms with Crippen LogP contribution in [0.1, 0.15) is 12.5 Å². The number of aromatic nitrogens is 6. The van der Waals surface area contributed by atoms with Crippen molar-refractivity contribution >= 4 is 23.1 Å². The van der Waals surface area contributed by atoms with Gasteiger partial charge in [-0.05, 0) is 6.42 Å². The highest BCUT2D eigenvalue weighted by molar-refractivity contribution is 5.88. The van der Waals surface area contributed by atoms with Crippen LogP contribution in [0.15, 0.2) is 18.7 Å². The third-order valence-corrected chi connectivity index (χ3v) is 4.95. The number of imidazole rings is 1. The second-order valence-corrected chi connectivity index (χ2v) is 6.64. The molecule has 0 unspecified atom stereocenters. The fourth-order valence-corrected chi connectivity index (χ4v) is 3.48. The Kier molecular flexibility index (Phi) is 4.06. The lowest BCUT2D eigenvalue weighted by molar-refractivity contribution is 0.122. The molecular formula is C17H20N8O2. The molecule has 5 heterocycles. The average Bonchev–Trinajstić information content (AvgIpc) is 3.38. The molecule has 3 aromatic heterocycles. The minimum atomic E-state index is 0.228. The van der Waals surface area contributed by atoms with E-state index in [4.69, 9.17) is 25.2 Å². The summed E-state index contributed by atoms with van der Waals surface area (Å²) >= 11 is 0. The van der Waals surface area contributed by atoms with Gasteiger partial charge in [0.05, 0.1) is 32.2 Å². The minimum absolute atomic E-state index is 0.228. The first-order valence-corrected chi connectivity index (χ1v) is 9.02. The molecule has 140 valence electrons. The summed E-state index contributed by atoms with van der Waals surface area (Å²) < 4.78 is 13.1. The number of fused-ring (bicyclic) bond motifs is 1. The predicted octanol–water partition coefficient (Wildman–Crippen LogP) is 0.663. The molecule has 2 aliphatic heterocycles. The summed E-state index contributed by atoms with van der Waals surface area (Å²) in [5.74, 6) is 0.893. The maximum Gasteiger partial charge on any atom is 0.228 e. The fraction of sp³-hybridized carbons (Fsp3) is 0.471. The molecule has 0 bridgehead atoms. The number of nitrogens with two attached hydrogens (primary N) is 1. The van der Waals surface area contributed by atoms with Gasteiger partial charge in [-0.15, -0.1) is 0 Å². The molecule has 5 rings (SSSR count). The zero-order valence-corrected chi connectivity index (χ0v) is 14.8. The van der Waals surface area contributed by atoms with Crippen molar-refractivity contribution in [3.8, 4) is 11.3 Å². The molecule has 2 saturated heterocycles. The second kappa shape index (κ2) is 6.71. The Bertz CT molecular complexity index is 945. The molecule has 27 heavy (non-hydrogen) atoms. The van der Waals surface area contributed by atoms with Gasteiger partial charge < -0.3 is 24.7 Å². The Morgan fingerprint density at radius 2 is 1.81 bits per heavy atom. The lowest BCUT2D eigenvalue weighted by atomic mass is 10.2. The molecule has 0 saturated carbocycles. The highest BCUT2D eigenvalue weighted by Crippen LogP contribution is 2.30. The standard InChI is InChI=1S/C17H20N8O2/c18-16-19-7-11(8-20-16)13-14-15(25(10-21-14)12-1-4-27-9-12)23-17(22-13)24-2-5-26-6-3-24/h7-8,10,12H,1-6,9H2,(H2,18,19,20)/t12-/m1/s1. The van der Waals surface area contributed by atoms with Crippen LogP contribution in [0.5, 0.6) is 0 Å². The molecule has 0 aromatic carbocycles. The summed E-state index contributed by atoms with van der Waals surface area (Å²) in [7, 11) is 0. The first-order valence-electron chi connectivity index (χ1n) is 9.02. The number of hydrogen-bond donors (Lipinski definition) is 1. The van der Waals surface area contributed by atoms with Crippen molar-refractivity contribution in [1.82, 2.24) is 29.5 Å². The Balaban J connectivity index is 1.67. The molecule has 1 atom stereocenters. The van der Waals surface area contributed by atoms with E-state index in [1.54, 1.807) is 12.4 Å². The Labute approximate surface area is 155 Å². The lowest BCUT2D eigenvalue weighted by Crippen LogP contribution is -2.37. The van der Waals surface area contributed by atoms with Gasteiger partial charge in [0.2, 0.25) is 11.9 Å². The van der Waals surface area contributed by atoms with E-state index < -0.39 is 0 Å². The van der Waals surface area contributed by atoms with Gasteiger partial charge in [-0.2, -0.15) is 4.98 Å². The molecule has 0 aliphatic carbocycles. The normalized spacial score (nSPS) is 20.4. The van der Waals surface area contributed by atoms with Crippen LogP contribution in [0.2, 0.25) is 0 Å². The van der Waals surface area contributed by atoms with E-state index in [1.807, 2.05) is 6.33 Å². The van der Waals surface area contributed by atoms with Crippen LogP contribution in [0, 0.1) is 0 Å². The summed E-state index contributed by atoms with van der Waals surface area (Å²) in [6, 6.07) is 0.234. The quantitative estimate of drug-likeness (QED) is 0.711. The number of morpholine rings is 1. The molecule has 10 heteroatoms. The molecular weight excluding hydrogens is 348 g/mol. The molecule has 2 N–H and O–H groups in total. The van der Waals surface area contributed by atoms with Crippen LogP contribution in [0.4, 0.5) is 11.9 Å². The van der Waals surface area contributed by atoms with E-state index >= 15 is 0 Å². The largest absolute Gasteiger partial charge is 0.379 e. The fourth-order valence-electron chi connectivity index (χ4n) is 3.48.